The van der Waals surface area contributed by atoms with Crippen LogP contribution >= 0.6 is 0 Å². The minimum atomic E-state index is -0.303. The SMILES string of the molecule is CCCCC(C)C(=O)NC(CO)c1ccccc1. The lowest BCUT2D eigenvalue weighted by Gasteiger charge is -2.19. The number of amides is 1. The van der Waals surface area contributed by atoms with Crippen molar-refractivity contribution in [2.24, 2.45) is 5.92 Å². The summed E-state index contributed by atoms with van der Waals surface area (Å²) in [5.41, 5.74) is 0.941. The van der Waals surface area contributed by atoms with Crippen LogP contribution in [0, 0.1) is 5.92 Å². The minimum absolute atomic E-state index is 0.00251. The van der Waals surface area contributed by atoms with Crippen LogP contribution in [0.4, 0.5) is 0 Å². The van der Waals surface area contributed by atoms with Gasteiger partial charge in [0.2, 0.25) is 5.91 Å². The minimum Gasteiger partial charge on any atom is -0.394 e. The number of hydrogen-bond acceptors (Lipinski definition) is 2. The highest BCUT2D eigenvalue weighted by atomic mass is 16.3. The largest absolute Gasteiger partial charge is 0.394 e. The Bertz CT molecular complexity index is 351. The standard InChI is InChI=1S/C15H23NO2/c1-3-4-8-12(2)15(18)16-14(11-17)13-9-6-5-7-10-13/h5-7,9-10,12,14,17H,3-4,8,11H2,1-2H3,(H,16,18). The molecule has 1 aromatic rings. The van der Waals surface area contributed by atoms with Crippen molar-refractivity contribution in [2.45, 2.75) is 39.2 Å². The van der Waals surface area contributed by atoms with E-state index < -0.39 is 0 Å². The Hall–Kier alpha value is -1.35. The van der Waals surface area contributed by atoms with Gasteiger partial charge < -0.3 is 10.4 Å². The van der Waals surface area contributed by atoms with Crippen molar-refractivity contribution >= 4 is 5.91 Å². The van der Waals surface area contributed by atoms with Crippen LogP contribution in [0.1, 0.15) is 44.7 Å². The number of aliphatic hydroxyl groups excluding tert-OH is 1. The Morgan fingerprint density at radius 3 is 2.56 bits per heavy atom. The van der Waals surface area contributed by atoms with Gasteiger partial charge in [-0.3, -0.25) is 4.79 Å². The maximum absolute atomic E-state index is 12.0. The van der Waals surface area contributed by atoms with E-state index in [1.165, 1.54) is 0 Å². The van der Waals surface area contributed by atoms with Crippen molar-refractivity contribution in [1.82, 2.24) is 5.32 Å². The molecule has 2 unspecified atom stereocenters. The monoisotopic (exact) mass is 249 g/mol. The van der Waals surface area contributed by atoms with Crippen molar-refractivity contribution in [3.63, 3.8) is 0 Å². The molecule has 0 aliphatic heterocycles. The maximum atomic E-state index is 12.0. The highest BCUT2D eigenvalue weighted by molar-refractivity contribution is 5.78. The van der Waals surface area contributed by atoms with Crippen molar-refractivity contribution in [2.75, 3.05) is 6.61 Å². The molecule has 0 spiro atoms. The zero-order valence-electron chi connectivity index (χ0n) is 11.2. The summed E-state index contributed by atoms with van der Waals surface area (Å²) in [4.78, 5) is 12.0. The van der Waals surface area contributed by atoms with Crippen LogP contribution in [0.25, 0.3) is 0 Å². The van der Waals surface area contributed by atoms with Gasteiger partial charge in [-0.1, -0.05) is 57.0 Å². The van der Waals surface area contributed by atoms with Gasteiger partial charge in [0.25, 0.3) is 0 Å². The number of unbranched alkanes of at least 4 members (excludes halogenated alkanes) is 1. The Balaban J connectivity index is 2.56. The Labute approximate surface area is 109 Å². The van der Waals surface area contributed by atoms with Crippen LogP contribution in [-0.4, -0.2) is 17.6 Å². The topological polar surface area (TPSA) is 49.3 Å². The van der Waals surface area contributed by atoms with Gasteiger partial charge in [0, 0.05) is 5.92 Å². The van der Waals surface area contributed by atoms with Gasteiger partial charge in [-0.05, 0) is 12.0 Å². The van der Waals surface area contributed by atoms with Crippen molar-refractivity contribution in [3.8, 4) is 0 Å². The zero-order chi connectivity index (χ0) is 13.4. The lowest BCUT2D eigenvalue weighted by Crippen LogP contribution is -2.34. The lowest BCUT2D eigenvalue weighted by molar-refractivity contribution is -0.125. The molecule has 0 radical (unpaired) electrons. The third kappa shape index (κ3) is 4.49. The Kier molecular flexibility index (Phi) is 6.44. The summed E-state index contributed by atoms with van der Waals surface area (Å²) in [7, 11) is 0. The molecule has 0 heterocycles. The molecule has 0 saturated heterocycles. The van der Waals surface area contributed by atoms with Crippen LogP contribution < -0.4 is 5.32 Å². The molecule has 3 heteroatoms. The average Bonchev–Trinajstić information content (AvgIpc) is 2.42. The maximum Gasteiger partial charge on any atom is 0.223 e. The highest BCUT2D eigenvalue weighted by Crippen LogP contribution is 2.14. The van der Waals surface area contributed by atoms with E-state index in [4.69, 9.17) is 0 Å². The summed E-state index contributed by atoms with van der Waals surface area (Å²) in [6, 6.07) is 9.26. The first-order valence-corrected chi connectivity index (χ1v) is 6.65. The van der Waals surface area contributed by atoms with Crippen molar-refractivity contribution in [3.05, 3.63) is 35.9 Å². The molecule has 18 heavy (non-hydrogen) atoms. The molecule has 0 fully saturated rings. The summed E-state index contributed by atoms with van der Waals surface area (Å²) in [6.07, 6.45) is 3.05. The predicted molar refractivity (Wildman–Crippen MR) is 73.1 cm³/mol. The predicted octanol–water partition coefficient (Wildman–Crippen LogP) is 2.66. The average molecular weight is 249 g/mol. The number of aliphatic hydroxyl groups is 1. The molecule has 3 nitrogen and oxygen atoms in total. The Morgan fingerprint density at radius 1 is 1.33 bits per heavy atom. The number of nitrogens with one attached hydrogen (secondary N) is 1. The van der Waals surface area contributed by atoms with Gasteiger partial charge >= 0.3 is 0 Å². The summed E-state index contributed by atoms with van der Waals surface area (Å²) >= 11 is 0. The van der Waals surface area contributed by atoms with Gasteiger partial charge in [-0.15, -0.1) is 0 Å². The molecule has 1 rings (SSSR count). The van der Waals surface area contributed by atoms with E-state index in [0.29, 0.717) is 0 Å². The fourth-order valence-corrected chi connectivity index (χ4v) is 1.88. The second-order valence-corrected chi connectivity index (χ2v) is 4.70. The van der Waals surface area contributed by atoms with Gasteiger partial charge in [0.05, 0.1) is 12.6 Å². The number of benzene rings is 1. The van der Waals surface area contributed by atoms with Crippen LogP contribution in [0.3, 0.4) is 0 Å². The first-order valence-electron chi connectivity index (χ1n) is 6.65. The molecule has 0 aliphatic carbocycles. The van der Waals surface area contributed by atoms with Gasteiger partial charge in [0.15, 0.2) is 0 Å². The number of rotatable bonds is 7. The van der Waals surface area contributed by atoms with Gasteiger partial charge in [0.1, 0.15) is 0 Å². The van der Waals surface area contributed by atoms with E-state index in [1.807, 2.05) is 37.3 Å². The molecule has 1 aromatic carbocycles. The zero-order valence-corrected chi connectivity index (χ0v) is 11.2. The smallest absolute Gasteiger partial charge is 0.223 e. The second-order valence-electron chi connectivity index (χ2n) is 4.70. The van der Waals surface area contributed by atoms with Gasteiger partial charge in [-0.25, -0.2) is 0 Å². The molecule has 100 valence electrons. The molecule has 0 aromatic heterocycles. The number of carbonyl (C=O) groups is 1. The van der Waals surface area contributed by atoms with Gasteiger partial charge in [-0.2, -0.15) is 0 Å². The Morgan fingerprint density at radius 2 is 2.00 bits per heavy atom. The van der Waals surface area contributed by atoms with Crippen molar-refractivity contribution in [1.29, 1.82) is 0 Å². The third-order valence-electron chi connectivity index (χ3n) is 3.14. The van der Waals surface area contributed by atoms with Crippen LogP contribution in [0.15, 0.2) is 30.3 Å². The molecule has 0 aliphatic rings. The van der Waals surface area contributed by atoms with E-state index in [9.17, 15) is 9.90 Å². The third-order valence-corrected chi connectivity index (χ3v) is 3.14. The molecular weight excluding hydrogens is 226 g/mol. The number of carbonyl (C=O) groups excluding carboxylic acids is 1. The molecule has 2 atom stereocenters. The molecule has 1 amide bonds. The summed E-state index contributed by atoms with van der Waals surface area (Å²) < 4.78 is 0. The van der Waals surface area contributed by atoms with Crippen LogP contribution in [0.5, 0.6) is 0 Å². The normalized spacial score (nSPS) is 13.9. The van der Waals surface area contributed by atoms with E-state index in [1.54, 1.807) is 0 Å². The molecule has 2 N–H and O–H groups in total. The molecule has 0 bridgehead atoms. The number of hydrogen-bond donors (Lipinski definition) is 2. The first kappa shape index (κ1) is 14.7. The highest BCUT2D eigenvalue weighted by Gasteiger charge is 2.17. The summed E-state index contributed by atoms with van der Waals surface area (Å²) in [6.45, 7) is 3.98. The second kappa shape index (κ2) is 7.88. The lowest BCUT2D eigenvalue weighted by atomic mass is 10.0. The van der Waals surface area contributed by atoms with Crippen molar-refractivity contribution < 1.29 is 9.90 Å². The molecular formula is C15H23NO2. The fraction of sp³-hybridized carbons (Fsp3) is 0.533. The van der Waals surface area contributed by atoms with E-state index in [-0.39, 0.29) is 24.5 Å². The van der Waals surface area contributed by atoms with E-state index >= 15 is 0 Å². The summed E-state index contributed by atoms with van der Waals surface area (Å²) in [5.74, 6) is 0.0223. The fourth-order valence-electron chi connectivity index (χ4n) is 1.88. The summed E-state index contributed by atoms with van der Waals surface area (Å²) in [5, 5.41) is 12.3. The van der Waals surface area contributed by atoms with Crippen LogP contribution in [-0.2, 0) is 4.79 Å². The molecule has 0 saturated carbocycles. The van der Waals surface area contributed by atoms with Crippen LogP contribution in [0.2, 0.25) is 0 Å². The van der Waals surface area contributed by atoms with E-state index in [2.05, 4.69) is 12.2 Å². The quantitative estimate of drug-likeness (QED) is 0.780. The first-order chi connectivity index (χ1) is 8.69. The van der Waals surface area contributed by atoms with E-state index in [0.717, 1.165) is 24.8 Å².